The number of carboxylic acids is 2. The molecule has 0 heterocycles. The number of unbranched alkanes of at least 4 members (excludes halogenated alkanes) is 4. The number of aliphatic carboxylic acids is 2. The maximum absolute atomic E-state index is 11.0. The molecule has 0 aromatic heterocycles. The van der Waals surface area contributed by atoms with Crippen molar-refractivity contribution in [3.63, 3.8) is 0 Å². The van der Waals surface area contributed by atoms with Crippen LogP contribution in [0.2, 0.25) is 0 Å². The summed E-state index contributed by atoms with van der Waals surface area (Å²) < 4.78 is 36.2. The SMILES string of the molecule is CC(C)CCCCCSNCC(=O)[O-].CC(C)CCCCCSNCC(=O)[O-].CCOC(=O)CCOCC[O][Sn+2][O]CCOCCC(=O)OCC. The molecular weight excluding hydrogens is 811 g/mol. The van der Waals surface area contributed by atoms with Crippen LogP contribution in [0.15, 0.2) is 0 Å². The molecule has 0 aliphatic carbocycles. The predicted octanol–water partition coefficient (Wildman–Crippen LogP) is 2.87. The molecule has 0 saturated carbocycles. The molecule has 0 fully saturated rings. The first-order valence-electron chi connectivity index (χ1n) is 18.0. The minimum atomic E-state index is -1.31. The van der Waals surface area contributed by atoms with Gasteiger partial charge < -0.3 is 19.8 Å². The average molecular weight is 878 g/mol. The standard InChI is InChI=1S/2C10H21NO2S.2C7H13O4.Sn/c2*1-9(2)6-4-3-5-7-14-11-8-10(12)13;2*1-2-11-7(9)3-5-10-6-4-8;/h2*9,11H,3-8H2,1-2H3,(H,12,13);2*2-6H2,1H3;/q;;2*-1;+4/p-2. The van der Waals surface area contributed by atoms with Gasteiger partial charge in [-0.2, -0.15) is 0 Å². The van der Waals surface area contributed by atoms with E-state index >= 15 is 0 Å². The number of esters is 2. The number of rotatable bonds is 34. The molecule has 0 aliphatic heterocycles. The summed E-state index contributed by atoms with van der Waals surface area (Å²) in [6, 6.07) is 0. The summed E-state index contributed by atoms with van der Waals surface area (Å²) >= 11 is 1.62. The van der Waals surface area contributed by atoms with Crippen LogP contribution in [0.3, 0.4) is 0 Å². The van der Waals surface area contributed by atoms with Crippen LogP contribution in [-0.2, 0) is 44.3 Å². The van der Waals surface area contributed by atoms with Crippen molar-refractivity contribution in [3.8, 4) is 0 Å². The van der Waals surface area contributed by atoms with Crippen molar-refractivity contribution in [1.82, 2.24) is 9.44 Å². The van der Waals surface area contributed by atoms with Crippen LogP contribution in [-0.4, -0.2) is 123 Å². The summed E-state index contributed by atoms with van der Waals surface area (Å²) in [6.45, 7) is 15.6. The first kappa shape index (κ1) is 54.5. The number of carboxylic acid groups (broad SMARTS) is 2. The molecule has 17 heteroatoms. The van der Waals surface area contributed by atoms with Crippen molar-refractivity contribution in [2.45, 2.75) is 106 Å². The van der Waals surface area contributed by atoms with Gasteiger partial charge in [-0.1, -0.05) is 90.1 Å². The molecular formula is C34H66N2O12S2Sn. The van der Waals surface area contributed by atoms with E-state index in [4.69, 9.17) is 25.1 Å². The molecule has 0 rings (SSSR count). The van der Waals surface area contributed by atoms with Crippen LogP contribution in [0, 0.1) is 11.8 Å². The Morgan fingerprint density at radius 1 is 0.588 bits per heavy atom. The Balaban J connectivity index is -0.000000714. The van der Waals surface area contributed by atoms with Crippen molar-refractivity contribution in [3.05, 3.63) is 0 Å². The molecule has 0 bridgehead atoms. The molecule has 300 valence electrons. The normalized spacial score (nSPS) is 10.5. The Labute approximate surface area is 327 Å². The Hall–Kier alpha value is -0.861. The molecule has 0 aromatic rings. The van der Waals surface area contributed by atoms with Crippen molar-refractivity contribution in [2.75, 3.05) is 77.5 Å². The van der Waals surface area contributed by atoms with E-state index in [9.17, 15) is 29.4 Å². The third-order valence-corrected chi connectivity index (χ3v) is 9.50. The second-order valence-electron chi connectivity index (χ2n) is 11.7. The van der Waals surface area contributed by atoms with Crippen LogP contribution in [0.25, 0.3) is 0 Å². The fourth-order valence-corrected chi connectivity index (χ4v) is 6.09. The summed E-state index contributed by atoms with van der Waals surface area (Å²) in [4.78, 5) is 42.1. The third-order valence-electron chi connectivity index (χ3n) is 5.98. The number of ether oxygens (including phenoxy) is 4. The number of carbonyl (C=O) groups is 4. The van der Waals surface area contributed by atoms with E-state index in [2.05, 4.69) is 37.1 Å². The average Bonchev–Trinajstić information content (AvgIpc) is 3.06. The molecule has 51 heavy (non-hydrogen) atoms. The van der Waals surface area contributed by atoms with E-state index in [1.807, 2.05) is 0 Å². The number of hydrogen-bond acceptors (Lipinski definition) is 16. The predicted molar refractivity (Wildman–Crippen MR) is 199 cm³/mol. The fraction of sp³-hybridized carbons (Fsp3) is 0.882. The van der Waals surface area contributed by atoms with E-state index in [1.165, 1.54) is 62.4 Å². The number of nitrogens with one attached hydrogen (secondary N) is 2. The Morgan fingerprint density at radius 2 is 0.980 bits per heavy atom. The van der Waals surface area contributed by atoms with Gasteiger partial charge in [0.1, 0.15) is 0 Å². The summed E-state index contributed by atoms with van der Waals surface area (Å²) in [5, 5.41) is 20.0. The van der Waals surface area contributed by atoms with Gasteiger partial charge >= 0.3 is 148 Å². The van der Waals surface area contributed by atoms with Crippen molar-refractivity contribution in [2.24, 2.45) is 11.8 Å². The third kappa shape index (κ3) is 58.7. The van der Waals surface area contributed by atoms with E-state index in [-0.39, 0.29) is 37.9 Å². The van der Waals surface area contributed by atoms with Gasteiger partial charge in [0.05, 0.1) is 11.9 Å². The van der Waals surface area contributed by atoms with E-state index in [0.717, 1.165) is 36.2 Å². The molecule has 0 atom stereocenters. The van der Waals surface area contributed by atoms with Crippen LogP contribution < -0.4 is 19.7 Å². The van der Waals surface area contributed by atoms with Gasteiger partial charge in [-0.25, -0.2) is 0 Å². The van der Waals surface area contributed by atoms with Crippen molar-refractivity contribution >= 4 is 69.7 Å². The second kappa shape index (κ2) is 45.3. The summed E-state index contributed by atoms with van der Waals surface area (Å²) in [5.74, 6) is 0.941. The van der Waals surface area contributed by atoms with E-state index in [1.54, 1.807) is 13.8 Å². The summed E-state index contributed by atoms with van der Waals surface area (Å²) in [5.41, 5.74) is 0. The molecule has 0 unspecified atom stereocenters. The number of hydrogen-bond donors (Lipinski definition) is 2. The zero-order valence-electron chi connectivity index (χ0n) is 31.9. The van der Waals surface area contributed by atoms with Crippen molar-refractivity contribution in [1.29, 1.82) is 0 Å². The van der Waals surface area contributed by atoms with E-state index < -0.39 is 33.9 Å². The topological polar surface area (TPSA) is 194 Å². The fourth-order valence-electron chi connectivity index (χ4n) is 3.48. The quantitative estimate of drug-likeness (QED) is 0.0415. The minimum absolute atomic E-state index is 0.0589. The second-order valence-corrected chi connectivity index (χ2v) is 15.8. The van der Waals surface area contributed by atoms with Gasteiger partial charge in [0.2, 0.25) is 0 Å². The molecule has 0 radical (unpaired) electrons. The molecule has 14 nitrogen and oxygen atoms in total. The van der Waals surface area contributed by atoms with E-state index in [0.29, 0.717) is 52.9 Å². The Kier molecular flexibility index (Phi) is 48.4. The maximum atomic E-state index is 11.0. The molecule has 0 aromatic carbocycles. The van der Waals surface area contributed by atoms with Crippen LogP contribution in [0.4, 0.5) is 0 Å². The number of carbonyl (C=O) groups excluding carboxylic acids is 4. The van der Waals surface area contributed by atoms with Crippen LogP contribution in [0.1, 0.15) is 106 Å². The van der Waals surface area contributed by atoms with Gasteiger partial charge in [-0.15, -0.1) is 0 Å². The Morgan fingerprint density at radius 3 is 1.31 bits per heavy atom. The van der Waals surface area contributed by atoms with Gasteiger partial charge in [-0.3, -0.25) is 9.44 Å². The monoisotopic (exact) mass is 878 g/mol. The van der Waals surface area contributed by atoms with Gasteiger partial charge in [0.15, 0.2) is 0 Å². The molecule has 2 N–H and O–H groups in total. The summed E-state index contributed by atoms with van der Waals surface area (Å²) in [7, 11) is 0. The molecule has 0 saturated heterocycles. The first-order chi connectivity index (χ1) is 24.5. The molecule has 0 spiro atoms. The van der Waals surface area contributed by atoms with Crippen LogP contribution >= 0.6 is 23.9 Å². The zero-order valence-corrected chi connectivity index (χ0v) is 36.4. The molecule has 0 aliphatic rings. The van der Waals surface area contributed by atoms with Gasteiger partial charge in [0.25, 0.3) is 0 Å². The van der Waals surface area contributed by atoms with Crippen molar-refractivity contribution < 1.29 is 54.5 Å². The summed E-state index contributed by atoms with van der Waals surface area (Å²) in [6.07, 6.45) is 10.4. The molecule has 0 amide bonds. The Bertz CT molecular complexity index is 740. The van der Waals surface area contributed by atoms with Gasteiger partial charge in [-0.05, 0) is 24.7 Å². The first-order valence-corrected chi connectivity index (χ1v) is 22.3. The van der Waals surface area contributed by atoms with Crippen LogP contribution in [0.5, 0.6) is 0 Å². The zero-order chi connectivity index (χ0) is 38.8. The van der Waals surface area contributed by atoms with Gasteiger partial charge in [0, 0.05) is 24.6 Å².